The first-order valence-corrected chi connectivity index (χ1v) is 6.72. The summed E-state index contributed by atoms with van der Waals surface area (Å²) in [5.41, 5.74) is 2.03. The molecular formula is C14H17F3N2O2. The number of fused-ring (bicyclic) bond motifs is 1. The minimum Gasteiger partial charge on any atom is -0.395 e. The summed E-state index contributed by atoms with van der Waals surface area (Å²) in [4.78, 5) is 13.3. The number of halogens is 3. The van der Waals surface area contributed by atoms with E-state index in [2.05, 4.69) is 0 Å². The highest BCUT2D eigenvalue weighted by Gasteiger charge is 2.33. The zero-order valence-corrected chi connectivity index (χ0v) is 11.4. The molecule has 4 nitrogen and oxygen atoms in total. The van der Waals surface area contributed by atoms with Crippen LogP contribution < -0.4 is 5.32 Å². The molecule has 0 aliphatic heterocycles. The highest BCUT2D eigenvalue weighted by molar-refractivity contribution is 5.75. The molecular weight excluding hydrogens is 285 g/mol. The number of rotatable bonds is 4. The molecule has 2 amide bonds. The van der Waals surface area contributed by atoms with Crippen molar-refractivity contribution in [1.82, 2.24) is 10.2 Å². The lowest BCUT2D eigenvalue weighted by molar-refractivity contribution is -0.123. The summed E-state index contributed by atoms with van der Waals surface area (Å²) in [6.07, 6.45) is -3.03. The molecule has 0 bridgehead atoms. The number of hydrogen-bond donors (Lipinski definition) is 2. The van der Waals surface area contributed by atoms with E-state index in [9.17, 15) is 18.0 Å². The fourth-order valence-electron chi connectivity index (χ4n) is 2.64. The molecule has 1 atom stereocenters. The lowest BCUT2D eigenvalue weighted by Crippen LogP contribution is -2.46. The van der Waals surface area contributed by atoms with E-state index in [4.69, 9.17) is 5.11 Å². The van der Waals surface area contributed by atoms with Gasteiger partial charge >= 0.3 is 12.2 Å². The van der Waals surface area contributed by atoms with Crippen LogP contribution in [0.25, 0.3) is 0 Å². The van der Waals surface area contributed by atoms with Crippen molar-refractivity contribution in [1.29, 1.82) is 0 Å². The minimum absolute atomic E-state index is 0.00267. The number of aliphatic hydroxyl groups excluding tert-OH is 1. The van der Waals surface area contributed by atoms with Gasteiger partial charge in [-0.2, -0.15) is 13.2 Å². The lowest BCUT2D eigenvalue weighted by atomic mass is 10.1. The molecule has 0 radical (unpaired) electrons. The smallest absolute Gasteiger partial charge is 0.395 e. The van der Waals surface area contributed by atoms with Gasteiger partial charge in [-0.1, -0.05) is 24.3 Å². The highest BCUT2D eigenvalue weighted by Crippen LogP contribution is 2.35. The van der Waals surface area contributed by atoms with Gasteiger partial charge in [0, 0.05) is 6.54 Å². The molecule has 116 valence electrons. The molecule has 1 aliphatic rings. The zero-order chi connectivity index (χ0) is 15.5. The van der Waals surface area contributed by atoms with Gasteiger partial charge in [-0.3, -0.25) is 0 Å². The van der Waals surface area contributed by atoms with Crippen LogP contribution in [0.2, 0.25) is 0 Å². The Bertz CT molecular complexity index is 505. The maximum absolute atomic E-state index is 12.2. The van der Waals surface area contributed by atoms with Crippen molar-refractivity contribution in [3.05, 3.63) is 35.4 Å². The van der Waals surface area contributed by atoms with E-state index in [1.54, 1.807) is 0 Å². The van der Waals surface area contributed by atoms with E-state index in [1.165, 1.54) is 4.90 Å². The number of urea groups is 1. The number of alkyl halides is 3. The number of nitrogens with one attached hydrogen (secondary N) is 1. The van der Waals surface area contributed by atoms with E-state index in [-0.39, 0.29) is 19.2 Å². The Labute approximate surface area is 120 Å². The summed E-state index contributed by atoms with van der Waals surface area (Å²) in [7, 11) is 0. The van der Waals surface area contributed by atoms with Crippen LogP contribution in [0.15, 0.2) is 24.3 Å². The zero-order valence-electron chi connectivity index (χ0n) is 11.4. The Morgan fingerprint density at radius 2 is 2.10 bits per heavy atom. The quantitative estimate of drug-likeness (QED) is 0.896. The first-order valence-electron chi connectivity index (χ1n) is 6.72. The molecule has 0 saturated carbocycles. The molecule has 1 aromatic rings. The van der Waals surface area contributed by atoms with Crippen LogP contribution in [0.3, 0.4) is 0 Å². The van der Waals surface area contributed by atoms with E-state index in [0.29, 0.717) is 6.42 Å². The number of benzene rings is 1. The second kappa shape index (κ2) is 6.34. The Morgan fingerprint density at radius 3 is 2.76 bits per heavy atom. The van der Waals surface area contributed by atoms with Crippen molar-refractivity contribution >= 4 is 6.03 Å². The minimum atomic E-state index is -4.45. The van der Waals surface area contributed by atoms with Crippen molar-refractivity contribution in [2.24, 2.45) is 0 Å². The summed E-state index contributed by atoms with van der Waals surface area (Å²) in [5, 5.41) is 10.9. The Hall–Kier alpha value is -1.76. The van der Waals surface area contributed by atoms with Gasteiger partial charge < -0.3 is 15.3 Å². The average Bonchev–Trinajstić information content (AvgIpc) is 2.85. The van der Waals surface area contributed by atoms with Crippen LogP contribution >= 0.6 is 0 Å². The van der Waals surface area contributed by atoms with Crippen molar-refractivity contribution < 1.29 is 23.1 Å². The number of aryl methyl sites for hydroxylation is 1. The Kier molecular flexibility index (Phi) is 4.72. The van der Waals surface area contributed by atoms with Gasteiger partial charge in [0.2, 0.25) is 0 Å². The van der Waals surface area contributed by atoms with Crippen LogP contribution in [0.1, 0.15) is 23.6 Å². The van der Waals surface area contributed by atoms with Gasteiger partial charge in [0.25, 0.3) is 0 Å². The van der Waals surface area contributed by atoms with Crippen molar-refractivity contribution in [2.75, 3.05) is 19.7 Å². The molecule has 0 aromatic heterocycles. The standard InChI is InChI=1S/C14H17F3N2O2/c15-14(16,17)9-18-13(21)19(7-8-20)12-6-5-10-3-1-2-4-11(10)12/h1-4,12,20H,5-9H2,(H,18,21)/t12-/m0/s1. The van der Waals surface area contributed by atoms with Gasteiger partial charge in [0.05, 0.1) is 12.6 Å². The van der Waals surface area contributed by atoms with Crippen LogP contribution in [0, 0.1) is 0 Å². The molecule has 0 heterocycles. The highest BCUT2D eigenvalue weighted by atomic mass is 19.4. The summed E-state index contributed by atoms with van der Waals surface area (Å²) in [6.45, 7) is -1.66. The Morgan fingerprint density at radius 1 is 1.38 bits per heavy atom. The van der Waals surface area contributed by atoms with E-state index < -0.39 is 18.8 Å². The van der Waals surface area contributed by atoms with E-state index in [0.717, 1.165) is 17.5 Å². The molecule has 1 aromatic carbocycles. The normalized spacial score (nSPS) is 17.4. The van der Waals surface area contributed by atoms with Crippen molar-refractivity contribution in [3.8, 4) is 0 Å². The summed E-state index contributed by atoms with van der Waals surface area (Å²) < 4.78 is 36.6. The van der Waals surface area contributed by atoms with Crippen LogP contribution in [-0.2, 0) is 6.42 Å². The first-order chi connectivity index (χ1) is 9.92. The predicted molar refractivity (Wildman–Crippen MR) is 70.7 cm³/mol. The summed E-state index contributed by atoms with van der Waals surface area (Å²) in [6, 6.07) is 6.45. The van der Waals surface area contributed by atoms with Gasteiger partial charge in [-0.25, -0.2) is 4.79 Å². The molecule has 7 heteroatoms. The fraction of sp³-hybridized carbons (Fsp3) is 0.500. The Balaban J connectivity index is 2.11. The molecule has 0 saturated heterocycles. The molecule has 2 rings (SSSR count). The molecule has 0 spiro atoms. The molecule has 0 unspecified atom stereocenters. The average molecular weight is 302 g/mol. The number of carbonyl (C=O) groups excluding carboxylic acids is 1. The topological polar surface area (TPSA) is 52.6 Å². The second-order valence-corrected chi connectivity index (χ2v) is 4.94. The number of carbonyl (C=O) groups is 1. The van der Waals surface area contributed by atoms with Crippen LogP contribution in [-0.4, -0.2) is 41.9 Å². The van der Waals surface area contributed by atoms with Gasteiger partial charge in [0.1, 0.15) is 6.54 Å². The third kappa shape index (κ3) is 3.87. The maximum Gasteiger partial charge on any atom is 0.405 e. The molecule has 1 aliphatic carbocycles. The molecule has 2 N–H and O–H groups in total. The van der Waals surface area contributed by atoms with Gasteiger partial charge in [-0.05, 0) is 24.0 Å². The van der Waals surface area contributed by atoms with Crippen molar-refractivity contribution in [2.45, 2.75) is 25.1 Å². The lowest BCUT2D eigenvalue weighted by Gasteiger charge is -2.29. The molecule has 0 fully saturated rings. The number of aliphatic hydroxyl groups is 1. The van der Waals surface area contributed by atoms with Gasteiger partial charge in [0.15, 0.2) is 0 Å². The monoisotopic (exact) mass is 302 g/mol. The SMILES string of the molecule is O=C(NCC(F)(F)F)N(CCO)[C@H]1CCc2ccccc21. The fourth-order valence-corrected chi connectivity index (χ4v) is 2.64. The third-order valence-electron chi connectivity index (χ3n) is 3.52. The van der Waals surface area contributed by atoms with Crippen LogP contribution in [0.5, 0.6) is 0 Å². The number of amides is 2. The maximum atomic E-state index is 12.2. The van der Waals surface area contributed by atoms with Crippen LogP contribution in [0.4, 0.5) is 18.0 Å². The third-order valence-corrected chi connectivity index (χ3v) is 3.52. The number of nitrogens with zero attached hydrogens (tertiary/aromatic N) is 1. The largest absolute Gasteiger partial charge is 0.405 e. The second-order valence-electron chi connectivity index (χ2n) is 4.94. The van der Waals surface area contributed by atoms with E-state index >= 15 is 0 Å². The van der Waals surface area contributed by atoms with Crippen molar-refractivity contribution in [3.63, 3.8) is 0 Å². The predicted octanol–water partition coefficient (Wildman–Crippen LogP) is 2.24. The number of hydrogen-bond acceptors (Lipinski definition) is 2. The van der Waals surface area contributed by atoms with E-state index in [1.807, 2.05) is 29.6 Å². The van der Waals surface area contributed by atoms with Gasteiger partial charge in [-0.15, -0.1) is 0 Å². The summed E-state index contributed by atoms with van der Waals surface area (Å²) in [5.74, 6) is 0. The first kappa shape index (κ1) is 15.6. The summed E-state index contributed by atoms with van der Waals surface area (Å²) >= 11 is 0. The molecule has 21 heavy (non-hydrogen) atoms.